The van der Waals surface area contributed by atoms with Crippen LogP contribution in [-0.4, -0.2) is 51.9 Å². The first-order valence-corrected chi connectivity index (χ1v) is 55.2. The van der Waals surface area contributed by atoms with Gasteiger partial charge in [0.1, 0.15) is 51.7 Å². The van der Waals surface area contributed by atoms with Crippen LogP contribution in [-0.2, 0) is 132 Å². The van der Waals surface area contributed by atoms with E-state index in [2.05, 4.69) is 109 Å². The minimum atomic E-state index is -2.29. The van der Waals surface area contributed by atoms with Gasteiger partial charge in [-0.1, -0.05) is 308 Å². The maximum Gasteiger partial charge on any atom is 0.354 e. The Hall–Kier alpha value is -13.0. The number of hydrogen-bond acceptors (Lipinski definition) is 21. The number of ketones is 1. The maximum atomic E-state index is 10.1. The van der Waals surface area contributed by atoms with Crippen LogP contribution in [0.25, 0.3) is 56.3 Å². The van der Waals surface area contributed by atoms with Crippen molar-refractivity contribution in [2.75, 3.05) is 0 Å². The molecule has 8 aliphatic heterocycles. The number of carbonyl (C=O) groups excluding carboxylic acids is 1. The van der Waals surface area contributed by atoms with Gasteiger partial charge in [0, 0.05) is 190 Å². The van der Waals surface area contributed by atoms with Gasteiger partial charge in [0.15, 0.2) is 5.78 Å². The third kappa shape index (κ3) is 19.8. The zero-order chi connectivity index (χ0) is 95.6. The summed E-state index contributed by atoms with van der Waals surface area (Å²) in [6.07, 6.45) is 11.5. The summed E-state index contributed by atoms with van der Waals surface area (Å²) in [5.74, 6) is 11.0. The molecule has 0 saturated carbocycles. The van der Waals surface area contributed by atoms with Gasteiger partial charge in [-0.05, 0) is 155 Å². The van der Waals surface area contributed by atoms with E-state index in [1.807, 2.05) is 285 Å². The molecule has 8 aliphatic rings. The Morgan fingerprint density at radius 1 is 0.264 bits per heavy atom. The topological polar surface area (TPSA) is 226 Å². The molecule has 0 aliphatic carbocycles. The number of aromatic carboxylic acids is 1. The summed E-state index contributed by atoms with van der Waals surface area (Å²) >= 11 is 25.7. The van der Waals surface area contributed by atoms with E-state index in [0.717, 1.165) is 189 Å². The van der Waals surface area contributed by atoms with Gasteiger partial charge < -0.3 is 73.0 Å². The van der Waals surface area contributed by atoms with Crippen molar-refractivity contribution in [2.45, 2.75) is 13.8 Å². The van der Waals surface area contributed by atoms with E-state index in [-0.39, 0.29) is 97.7 Å². The molecule has 0 saturated heterocycles. The molecule has 0 fully saturated rings. The molecule has 27 rings (SSSR count). The van der Waals surface area contributed by atoms with Crippen LogP contribution in [0.1, 0.15) is 24.3 Å². The number of fused-ring (bicyclic) bond motifs is 16. The van der Waals surface area contributed by atoms with Gasteiger partial charge >= 0.3 is 5.97 Å². The molecule has 716 valence electrons. The first-order valence-electron chi connectivity index (χ1n) is 44.0. The van der Waals surface area contributed by atoms with Crippen LogP contribution in [0.2, 0.25) is 0 Å². The Labute approximate surface area is 904 Å². The Morgan fingerprint density at radius 3 is 0.667 bits per heavy atom. The number of para-hydroxylation sites is 8. The minimum Gasteiger partial charge on any atom is -0.512 e. The molecular formula is C114H73Ir4N6O12P4S4-5. The molecule has 4 unspecified atom stereocenters. The Balaban J connectivity index is 0.000000120. The number of nitrogens with zero attached hydrogens (tertiary/aromatic N) is 6. The number of rotatable bonds is 7. The van der Waals surface area contributed by atoms with Crippen molar-refractivity contribution in [3.8, 4) is 148 Å². The Bertz CT molecular complexity index is 7210. The number of carboxylic acids is 1. The summed E-state index contributed by atoms with van der Waals surface area (Å²) in [7, 11) is 0. The molecule has 2 N–H and O–H groups in total. The van der Waals surface area contributed by atoms with Crippen molar-refractivity contribution >= 4 is 147 Å². The summed E-state index contributed by atoms with van der Waals surface area (Å²) in [5, 5.41) is 29.0. The van der Waals surface area contributed by atoms with Crippen molar-refractivity contribution in [3.05, 3.63) is 437 Å². The number of benzene rings is 13. The van der Waals surface area contributed by atoms with Gasteiger partial charge in [-0.2, -0.15) is 0 Å². The summed E-state index contributed by atoms with van der Waals surface area (Å²) in [5.41, 5.74) is 8.68. The van der Waals surface area contributed by atoms with Crippen LogP contribution in [0, 0.1) is 30.3 Å². The smallest absolute Gasteiger partial charge is 0.354 e. The normalized spacial score (nSPS) is 16.0. The van der Waals surface area contributed by atoms with Gasteiger partial charge in [-0.15, -0.1) is 58.1 Å². The molecule has 0 bridgehead atoms. The van der Waals surface area contributed by atoms with Gasteiger partial charge in [0.05, 0.1) is 51.8 Å². The van der Waals surface area contributed by atoms with Crippen LogP contribution in [0.4, 0.5) is 0 Å². The SMILES string of the molecule is CC(=O)C=C(C)O.O=C(O)c1ccccn1.S=P12c3ccccc3Oc3[c-]c(-c4ccccn4)cc(c31)Oc1ccccc12.S=P12c3ccccc3Oc3[c-]c(-c4ccccn4)cc(c31)Oc1ccccc12.S=P12c3ccccc3Oc3[c-]c(-c4ccccn4)cc(c31)Oc1ccccc12.S=P12c3ccccc3Oc3[c-]c(-c4ccccn4)cc(c31)Oc1ccccc12.[Ir].[Ir].[Ir].[Ir].[c-]1ccccc1-c1ccccn1. The fourth-order valence-electron chi connectivity index (χ4n) is 17.2. The number of aliphatic hydroxyl groups is 1. The van der Waals surface area contributed by atoms with E-state index in [4.69, 9.17) is 95.3 Å². The van der Waals surface area contributed by atoms with Gasteiger partial charge in [0.2, 0.25) is 0 Å². The maximum absolute atomic E-state index is 10.1. The van der Waals surface area contributed by atoms with E-state index in [1.165, 1.54) is 32.2 Å². The van der Waals surface area contributed by atoms with Crippen LogP contribution in [0.3, 0.4) is 0 Å². The van der Waals surface area contributed by atoms with Gasteiger partial charge in [0.25, 0.3) is 0 Å². The first-order chi connectivity index (χ1) is 68.4. The fourth-order valence-corrected chi connectivity index (χ4v) is 34.9. The number of carboxylic acid groups (broad SMARTS) is 1. The van der Waals surface area contributed by atoms with Crippen LogP contribution >= 0.6 is 24.2 Å². The largest absolute Gasteiger partial charge is 0.512 e. The number of carbonyl (C=O) groups is 2. The Kier molecular flexibility index (Phi) is 31.5. The van der Waals surface area contributed by atoms with Crippen molar-refractivity contribution in [1.82, 2.24) is 29.9 Å². The fraction of sp³-hybridized carbons (Fsp3) is 0.0175. The van der Waals surface area contributed by atoms with Crippen molar-refractivity contribution in [3.63, 3.8) is 0 Å². The van der Waals surface area contributed by atoms with Crippen LogP contribution in [0.5, 0.6) is 92.0 Å². The number of hydrogen-bond donors (Lipinski definition) is 2. The molecule has 0 amide bonds. The standard InChI is InChI=1S/4C23H13NO2PS.C11H8N.C6H5NO2.C5H8O2.4Ir/c4*28-27-21-10-3-1-8-17(21)25-19-13-15(16-7-5-6-12-24-16)14-20(23(19)27)26-18-9-2-4-11-22(18)27;1-2-6-10(7-3-1)11-8-4-5-9-12-11;8-6(9)5-3-1-2-4-7-5;1-4(6)3-5(2)7;;;;/h4*1-13H;1-6,8-9H;1-4H,(H,8,9);3,6H,1-2H3;;;;/q5*-1;;;;;;. The van der Waals surface area contributed by atoms with E-state index in [0.29, 0.717) is 23.0 Å². The molecular weight excluding hydrogens is 2670 g/mol. The van der Waals surface area contributed by atoms with Crippen molar-refractivity contribution in [1.29, 1.82) is 0 Å². The molecule has 13 aromatic carbocycles. The summed E-state index contributed by atoms with van der Waals surface area (Å²) in [4.78, 5) is 45.8. The second-order valence-corrected chi connectivity index (χ2v) is 49.3. The number of aliphatic hydroxyl groups excluding tert-OH is 1. The predicted octanol–water partition coefficient (Wildman–Crippen LogP) is 22.4. The summed E-state index contributed by atoms with van der Waals surface area (Å²) in [6, 6.07) is 122. The average Bonchev–Trinajstić information content (AvgIpc) is 0.713. The summed E-state index contributed by atoms with van der Waals surface area (Å²) < 4.78 is 50.3. The van der Waals surface area contributed by atoms with E-state index in [1.54, 1.807) is 43.1 Å². The number of pyridine rings is 6. The van der Waals surface area contributed by atoms with E-state index >= 15 is 0 Å². The number of aromatic nitrogens is 6. The molecule has 144 heavy (non-hydrogen) atoms. The van der Waals surface area contributed by atoms with Gasteiger partial charge in [-0.3, -0.25) is 4.79 Å². The third-order valence-corrected chi connectivity index (χ3v) is 42.7. The zero-order valence-corrected chi connectivity index (χ0v) is 91.9. The zero-order valence-electron chi connectivity index (χ0n) is 75.4. The molecule has 6 aromatic heterocycles. The van der Waals surface area contributed by atoms with Crippen molar-refractivity contribution in [2.24, 2.45) is 0 Å². The molecule has 18 nitrogen and oxygen atoms in total. The third-order valence-electron chi connectivity index (χ3n) is 23.2. The number of allylic oxidation sites excluding steroid dienone is 2. The number of ether oxygens (including phenoxy) is 8. The van der Waals surface area contributed by atoms with E-state index < -0.39 is 30.1 Å². The minimum absolute atomic E-state index is 0. The molecule has 4 radical (unpaired) electrons. The van der Waals surface area contributed by atoms with Crippen LogP contribution in [0.15, 0.2) is 401 Å². The Morgan fingerprint density at radius 2 is 0.479 bits per heavy atom. The van der Waals surface area contributed by atoms with Gasteiger partial charge in [-0.25, -0.2) is 9.78 Å². The van der Waals surface area contributed by atoms with Crippen molar-refractivity contribution < 1.29 is 138 Å². The molecule has 14 heterocycles. The van der Waals surface area contributed by atoms with E-state index in [9.17, 15) is 9.59 Å². The summed E-state index contributed by atoms with van der Waals surface area (Å²) in [6.45, 7) is 2.85. The monoisotopic (exact) mass is 2740 g/mol. The molecule has 30 heteroatoms. The molecule has 0 spiro atoms. The average molecular weight is 2740 g/mol. The molecule has 19 aromatic rings. The quantitative estimate of drug-likeness (QED) is 0.0654. The first kappa shape index (κ1) is 102. The predicted molar refractivity (Wildman–Crippen MR) is 566 cm³/mol. The second-order valence-electron chi connectivity index (χ2n) is 32.2. The molecule has 4 atom stereocenters. The van der Waals surface area contributed by atoms with Crippen LogP contribution < -0.4 is 102 Å². The second kappa shape index (κ2) is 44.3.